The van der Waals surface area contributed by atoms with Crippen LogP contribution in [-0.2, 0) is 0 Å². The van der Waals surface area contributed by atoms with E-state index in [9.17, 15) is 8.78 Å². The zero-order valence-electron chi connectivity index (χ0n) is 12.6. The summed E-state index contributed by atoms with van der Waals surface area (Å²) in [7, 11) is 1.58. The zero-order chi connectivity index (χ0) is 16.9. The van der Waals surface area contributed by atoms with Gasteiger partial charge in [0.2, 0.25) is 0 Å². The molecular formula is C16H13F2N5O. The number of methoxy groups -OCH3 is 1. The Balaban J connectivity index is 1.77. The average Bonchev–Trinajstić information content (AvgIpc) is 3.05. The highest BCUT2D eigenvalue weighted by Gasteiger charge is 2.06. The van der Waals surface area contributed by atoms with E-state index in [1.165, 1.54) is 23.0 Å². The summed E-state index contributed by atoms with van der Waals surface area (Å²) in [5.41, 5.74) is 0.893. The van der Waals surface area contributed by atoms with Gasteiger partial charge < -0.3 is 10.1 Å². The van der Waals surface area contributed by atoms with Gasteiger partial charge in [-0.1, -0.05) is 0 Å². The van der Waals surface area contributed by atoms with Gasteiger partial charge in [-0.2, -0.15) is 4.68 Å². The smallest absolute Gasteiger partial charge is 0.181 e. The molecule has 24 heavy (non-hydrogen) atoms. The first-order chi connectivity index (χ1) is 11.7. The van der Waals surface area contributed by atoms with Gasteiger partial charge in [0.1, 0.15) is 17.4 Å². The molecule has 122 valence electrons. The minimum atomic E-state index is -0.686. The molecule has 0 saturated heterocycles. The van der Waals surface area contributed by atoms with Crippen molar-refractivity contribution in [3.8, 4) is 11.4 Å². The van der Waals surface area contributed by atoms with Crippen molar-refractivity contribution < 1.29 is 13.5 Å². The number of nitrogens with one attached hydrogen (secondary N) is 1. The Morgan fingerprint density at radius 1 is 1.12 bits per heavy atom. The maximum absolute atomic E-state index is 13.5. The molecule has 0 spiro atoms. The second-order valence-electron chi connectivity index (χ2n) is 4.75. The number of tetrazole rings is 1. The predicted octanol–water partition coefficient (Wildman–Crippen LogP) is 3.03. The molecular weight excluding hydrogens is 316 g/mol. The zero-order valence-corrected chi connectivity index (χ0v) is 12.6. The summed E-state index contributed by atoms with van der Waals surface area (Å²) in [6.45, 7) is 0. The van der Waals surface area contributed by atoms with Crippen LogP contribution in [0.3, 0.4) is 0 Å². The van der Waals surface area contributed by atoms with Crippen LogP contribution in [0.25, 0.3) is 11.8 Å². The van der Waals surface area contributed by atoms with E-state index in [1.807, 2.05) is 0 Å². The van der Waals surface area contributed by atoms with Crippen LogP contribution < -0.4 is 10.1 Å². The molecule has 0 aliphatic carbocycles. The number of anilines is 1. The highest BCUT2D eigenvalue weighted by Crippen LogP contribution is 2.17. The van der Waals surface area contributed by atoms with Crippen molar-refractivity contribution in [1.82, 2.24) is 20.2 Å². The third kappa shape index (κ3) is 3.37. The second kappa shape index (κ2) is 6.86. The fraction of sp³-hybridized carbons (Fsp3) is 0.0625. The van der Waals surface area contributed by atoms with E-state index in [0.717, 1.165) is 17.5 Å². The summed E-state index contributed by atoms with van der Waals surface area (Å²) in [5.74, 6) is -0.160. The van der Waals surface area contributed by atoms with Crippen molar-refractivity contribution in [1.29, 1.82) is 0 Å². The van der Waals surface area contributed by atoms with Gasteiger partial charge in [0.25, 0.3) is 0 Å². The van der Waals surface area contributed by atoms with Crippen molar-refractivity contribution in [2.24, 2.45) is 0 Å². The van der Waals surface area contributed by atoms with Crippen LogP contribution in [0.15, 0.2) is 48.7 Å². The Morgan fingerprint density at radius 3 is 2.62 bits per heavy atom. The minimum Gasteiger partial charge on any atom is -0.497 e. The normalized spacial score (nSPS) is 11.0. The van der Waals surface area contributed by atoms with Crippen molar-refractivity contribution in [2.75, 3.05) is 12.4 Å². The van der Waals surface area contributed by atoms with E-state index >= 15 is 0 Å². The van der Waals surface area contributed by atoms with Gasteiger partial charge >= 0.3 is 0 Å². The summed E-state index contributed by atoms with van der Waals surface area (Å²) in [5, 5.41) is 14.2. The van der Waals surface area contributed by atoms with Crippen LogP contribution in [0.5, 0.6) is 5.75 Å². The van der Waals surface area contributed by atoms with Crippen LogP contribution in [-0.4, -0.2) is 27.3 Å². The number of ether oxygens (including phenoxy) is 1. The van der Waals surface area contributed by atoms with Gasteiger partial charge in [0.05, 0.1) is 18.5 Å². The Hall–Kier alpha value is -3.29. The highest BCUT2D eigenvalue weighted by atomic mass is 19.1. The Morgan fingerprint density at radius 2 is 1.92 bits per heavy atom. The molecule has 3 aromatic rings. The molecule has 1 heterocycles. The predicted molar refractivity (Wildman–Crippen MR) is 84.7 cm³/mol. The van der Waals surface area contributed by atoms with Gasteiger partial charge in [-0.25, -0.2) is 8.78 Å². The Kier molecular flexibility index (Phi) is 4.46. The number of benzene rings is 2. The van der Waals surface area contributed by atoms with E-state index < -0.39 is 11.6 Å². The topological polar surface area (TPSA) is 64.9 Å². The largest absolute Gasteiger partial charge is 0.497 e. The molecule has 0 amide bonds. The SMILES string of the molecule is COc1ccc(-n2nnnc2/C=C\Nc2ccc(F)cc2F)cc1. The van der Waals surface area contributed by atoms with Crippen molar-refractivity contribution in [3.63, 3.8) is 0 Å². The van der Waals surface area contributed by atoms with E-state index in [2.05, 4.69) is 20.8 Å². The first-order valence-electron chi connectivity index (χ1n) is 6.98. The average molecular weight is 329 g/mol. The molecule has 0 fully saturated rings. The number of nitrogens with zero attached hydrogens (tertiary/aromatic N) is 4. The lowest BCUT2D eigenvalue weighted by atomic mass is 10.3. The monoisotopic (exact) mass is 329 g/mol. The molecule has 0 aliphatic rings. The van der Waals surface area contributed by atoms with E-state index in [1.54, 1.807) is 37.5 Å². The number of rotatable bonds is 5. The Labute approximate surface area is 136 Å². The molecule has 2 aromatic carbocycles. The fourth-order valence-corrected chi connectivity index (χ4v) is 2.02. The van der Waals surface area contributed by atoms with E-state index in [-0.39, 0.29) is 5.69 Å². The van der Waals surface area contributed by atoms with Crippen LogP contribution in [0.1, 0.15) is 5.82 Å². The summed E-state index contributed by atoms with van der Waals surface area (Å²) in [6, 6.07) is 10.5. The van der Waals surface area contributed by atoms with Crippen LogP contribution in [0.2, 0.25) is 0 Å². The first kappa shape index (κ1) is 15.6. The van der Waals surface area contributed by atoms with Crippen molar-refractivity contribution >= 4 is 11.8 Å². The van der Waals surface area contributed by atoms with Gasteiger partial charge in [-0.3, -0.25) is 0 Å². The molecule has 0 radical (unpaired) electrons. The Bertz CT molecular complexity index is 861. The molecule has 0 atom stereocenters. The lowest BCUT2D eigenvalue weighted by molar-refractivity contribution is 0.414. The quantitative estimate of drug-likeness (QED) is 0.779. The number of halogens is 2. The maximum atomic E-state index is 13.5. The van der Waals surface area contributed by atoms with Gasteiger partial charge in [-0.15, -0.1) is 5.10 Å². The van der Waals surface area contributed by atoms with Crippen LogP contribution in [0.4, 0.5) is 14.5 Å². The summed E-state index contributed by atoms with van der Waals surface area (Å²) < 4.78 is 33.0. The third-order valence-corrected chi connectivity index (χ3v) is 3.21. The van der Waals surface area contributed by atoms with Crippen molar-refractivity contribution in [3.05, 3.63) is 66.1 Å². The molecule has 0 unspecified atom stereocenters. The van der Waals surface area contributed by atoms with Gasteiger partial charge in [0, 0.05) is 18.3 Å². The van der Waals surface area contributed by atoms with Gasteiger partial charge in [-0.05, 0) is 46.8 Å². The number of hydrogen-bond donors (Lipinski definition) is 1. The molecule has 8 heteroatoms. The van der Waals surface area contributed by atoms with Crippen LogP contribution in [0, 0.1) is 11.6 Å². The van der Waals surface area contributed by atoms with Gasteiger partial charge in [0.15, 0.2) is 5.82 Å². The summed E-state index contributed by atoms with van der Waals surface area (Å²) >= 11 is 0. The van der Waals surface area contributed by atoms with Crippen LogP contribution >= 0.6 is 0 Å². The minimum absolute atomic E-state index is 0.149. The number of aromatic nitrogens is 4. The lowest BCUT2D eigenvalue weighted by Gasteiger charge is -2.04. The molecule has 1 aromatic heterocycles. The maximum Gasteiger partial charge on any atom is 0.181 e. The first-order valence-corrected chi connectivity index (χ1v) is 6.98. The fourth-order valence-electron chi connectivity index (χ4n) is 2.02. The molecule has 0 aliphatic heterocycles. The molecule has 0 bridgehead atoms. The standard InChI is InChI=1S/C16H13F2N5O/c1-24-13-5-3-12(4-6-13)23-16(20-21-22-23)8-9-19-15-7-2-11(17)10-14(15)18/h2-10,19H,1H3/b9-8-. The number of hydrogen-bond acceptors (Lipinski definition) is 5. The molecule has 0 saturated carbocycles. The third-order valence-electron chi connectivity index (χ3n) is 3.21. The lowest BCUT2D eigenvalue weighted by Crippen LogP contribution is -2.00. The molecule has 3 rings (SSSR count). The van der Waals surface area contributed by atoms with Crippen molar-refractivity contribution in [2.45, 2.75) is 0 Å². The molecule has 1 N–H and O–H groups in total. The summed E-state index contributed by atoms with van der Waals surface area (Å²) in [6.07, 6.45) is 3.05. The molecule has 6 nitrogen and oxygen atoms in total. The van der Waals surface area contributed by atoms with E-state index in [4.69, 9.17) is 4.74 Å². The summed E-state index contributed by atoms with van der Waals surface area (Å²) in [4.78, 5) is 0. The highest BCUT2D eigenvalue weighted by molar-refractivity contribution is 5.53. The van der Waals surface area contributed by atoms with E-state index in [0.29, 0.717) is 5.82 Å². The second-order valence-corrected chi connectivity index (χ2v) is 4.75.